The third-order valence-electron chi connectivity index (χ3n) is 2.56. The molecule has 76 valence electrons. The summed E-state index contributed by atoms with van der Waals surface area (Å²) in [6.07, 6.45) is 4.19. The third kappa shape index (κ3) is 1.66. The first-order valence-corrected chi connectivity index (χ1v) is 4.86. The molecule has 2 aromatic rings. The van der Waals surface area contributed by atoms with E-state index in [2.05, 4.69) is 29.1 Å². The molecule has 0 radical (unpaired) electrons. The molecule has 0 amide bonds. The Morgan fingerprint density at radius 1 is 1.40 bits per heavy atom. The lowest BCUT2D eigenvalue weighted by atomic mass is 10.2. The Labute approximate surface area is 89.1 Å². The lowest BCUT2D eigenvalue weighted by molar-refractivity contribution is 0.471. The van der Waals surface area contributed by atoms with Crippen molar-refractivity contribution < 1.29 is 0 Å². The summed E-state index contributed by atoms with van der Waals surface area (Å²) in [5.41, 5.74) is 2.40. The van der Waals surface area contributed by atoms with E-state index in [1.807, 2.05) is 19.2 Å². The first kappa shape index (κ1) is 9.60. The van der Waals surface area contributed by atoms with E-state index < -0.39 is 0 Å². The predicted octanol–water partition coefficient (Wildman–Crippen LogP) is 2.09. The molecule has 0 fully saturated rings. The van der Waals surface area contributed by atoms with Gasteiger partial charge in [-0.25, -0.2) is 0 Å². The number of para-hydroxylation sites is 1. The van der Waals surface area contributed by atoms with Gasteiger partial charge in [0.15, 0.2) is 6.19 Å². The number of aryl methyl sites for hydroxylation is 1. The van der Waals surface area contributed by atoms with Crippen LogP contribution in [0.2, 0.25) is 0 Å². The first-order chi connectivity index (χ1) is 7.22. The molecule has 3 heteroatoms. The standard InChI is InChI=1S/C12H13N3/c1-14(9-13)7-10-8-15(2)12-6-4-3-5-11(10)12/h3-6,8H,7H2,1-2H3. The summed E-state index contributed by atoms with van der Waals surface area (Å²) in [6, 6.07) is 8.24. The van der Waals surface area contributed by atoms with Crippen molar-refractivity contribution in [3.05, 3.63) is 36.0 Å². The van der Waals surface area contributed by atoms with Crippen LogP contribution in [0.25, 0.3) is 10.9 Å². The molecule has 0 saturated heterocycles. The van der Waals surface area contributed by atoms with Gasteiger partial charge in [-0.2, -0.15) is 5.26 Å². The van der Waals surface area contributed by atoms with Crippen LogP contribution in [0.5, 0.6) is 0 Å². The molecule has 1 aromatic heterocycles. The van der Waals surface area contributed by atoms with Crippen molar-refractivity contribution in [3.8, 4) is 6.19 Å². The monoisotopic (exact) mass is 199 g/mol. The van der Waals surface area contributed by atoms with Gasteiger partial charge >= 0.3 is 0 Å². The molecule has 0 aliphatic carbocycles. The van der Waals surface area contributed by atoms with E-state index in [0.29, 0.717) is 6.54 Å². The van der Waals surface area contributed by atoms with Crippen LogP contribution in [0, 0.1) is 11.5 Å². The van der Waals surface area contributed by atoms with E-state index in [4.69, 9.17) is 5.26 Å². The van der Waals surface area contributed by atoms with Gasteiger partial charge < -0.3 is 9.47 Å². The van der Waals surface area contributed by atoms with Crippen molar-refractivity contribution in [2.24, 2.45) is 7.05 Å². The second kappa shape index (κ2) is 3.66. The minimum Gasteiger partial charge on any atom is -0.350 e. The average Bonchev–Trinajstić information content (AvgIpc) is 2.57. The molecule has 0 spiro atoms. The fourth-order valence-corrected chi connectivity index (χ4v) is 1.84. The molecular weight excluding hydrogens is 186 g/mol. The van der Waals surface area contributed by atoms with E-state index in [-0.39, 0.29) is 0 Å². The SMILES string of the molecule is CN(C#N)Cc1cn(C)c2ccccc12. The van der Waals surface area contributed by atoms with Gasteiger partial charge in [0.2, 0.25) is 0 Å². The Hall–Kier alpha value is -1.95. The van der Waals surface area contributed by atoms with Crippen LogP contribution in [-0.4, -0.2) is 16.5 Å². The Morgan fingerprint density at radius 2 is 2.13 bits per heavy atom. The molecule has 2 rings (SSSR count). The topological polar surface area (TPSA) is 32.0 Å². The second-order valence-corrected chi connectivity index (χ2v) is 3.74. The van der Waals surface area contributed by atoms with Gasteiger partial charge in [0.25, 0.3) is 0 Å². The largest absolute Gasteiger partial charge is 0.350 e. The molecular formula is C12H13N3. The predicted molar refractivity (Wildman–Crippen MR) is 60.0 cm³/mol. The van der Waals surface area contributed by atoms with E-state index in [1.54, 1.807) is 11.9 Å². The van der Waals surface area contributed by atoms with Crippen molar-refractivity contribution in [1.82, 2.24) is 9.47 Å². The minimum atomic E-state index is 0.665. The number of nitriles is 1. The van der Waals surface area contributed by atoms with Crippen LogP contribution in [0.4, 0.5) is 0 Å². The first-order valence-electron chi connectivity index (χ1n) is 4.86. The van der Waals surface area contributed by atoms with E-state index in [1.165, 1.54) is 16.5 Å². The van der Waals surface area contributed by atoms with Crippen molar-refractivity contribution in [3.63, 3.8) is 0 Å². The molecule has 0 aliphatic heterocycles. The number of benzene rings is 1. The quantitative estimate of drug-likeness (QED) is 0.548. The third-order valence-corrected chi connectivity index (χ3v) is 2.56. The molecule has 0 atom stereocenters. The molecule has 3 nitrogen and oxygen atoms in total. The summed E-state index contributed by atoms with van der Waals surface area (Å²) in [5, 5.41) is 9.97. The van der Waals surface area contributed by atoms with E-state index >= 15 is 0 Å². The Morgan fingerprint density at radius 3 is 2.87 bits per heavy atom. The summed E-state index contributed by atoms with van der Waals surface area (Å²) in [7, 11) is 3.82. The lowest BCUT2D eigenvalue weighted by Gasteiger charge is -2.06. The van der Waals surface area contributed by atoms with Crippen LogP contribution in [0.1, 0.15) is 5.56 Å². The van der Waals surface area contributed by atoms with Crippen molar-refractivity contribution >= 4 is 10.9 Å². The smallest absolute Gasteiger partial charge is 0.179 e. The highest BCUT2D eigenvalue weighted by Gasteiger charge is 2.06. The zero-order valence-electron chi connectivity index (χ0n) is 8.94. The van der Waals surface area contributed by atoms with Gasteiger partial charge in [-0.05, 0) is 11.6 Å². The van der Waals surface area contributed by atoms with Crippen molar-refractivity contribution in [2.45, 2.75) is 6.54 Å². The maximum absolute atomic E-state index is 8.74. The number of rotatable bonds is 2. The molecule has 0 saturated carbocycles. The van der Waals surface area contributed by atoms with Gasteiger partial charge in [0.05, 0.1) is 6.54 Å². The molecule has 0 unspecified atom stereocenters. The van der Waals surface area contributed by atoms with Crippen LogP contribution in [0.15, 0.2) is 30.5 Å². The Bertz CT molecular complexity index is 519. The zero-order valence-corrected chi connectivity index (χ0v) is 8.94. The Kier molecular flexibility index (Phi) is 2.34. The van der Waals surface area contributed by atoms with E-state index in [0.717, 1.165) is 0 Å². The fourth-order valence-electron chi connectivity index (χ4n) is 1.84. The van der Waals surface area contributed by atoms with Crippen LogP contribution in [0.3, 0.4) is 0 Å². The van der Waals surface area contributed by atoms with E-state index in [9.17, 15) is 0 Å². The van der Waals surface area contributed by atoms with Crippen LogP contribution < -0.4 is 0 Å². The Balaban J connectivity index is 2.49. The lowest BCUT2D eigenvalue weighted by Crippen LogP contribution is -2.09. The summed E-state index contributed by atoms with van der Waals surface area (Å²) in [5.74, 6) is 0. The number of fused-ring (bicyclic) bond motifs is 1. The van der Waals surface area contributed by atoms with Gasteiger partial charge in [0.1, 0.15) is 0 Å². The highest BCUT2D eigenvalue weighted by atomic mass is 15.1. The van der Waals surface area contributed by atoms with Crippen LogP contribution >= 0.6 is 0 Å². The normalized spacial score (nSPS) is 10.2. The molecule has 0 bridgehead atoms. The van der Waals surface area contributed by atoms with Gasteiger partial charge in [0, 0.05) is 31.2 Å². The number of nitrogens with zero attached hydrogens (tertiary/aromatic N) is 3. The van der Waals surface area contributed by atoms with Gasteiger partial charge in [-0.3, -0.25) is 0 Å². The number of hydrogen-bond acceptors (Lipinski definition) is 2. The molecule has 0 aliphatic rings. The maximum Gasteiger partial charge on any atom is 0.179 e. The highest BCUT2D eigenvalue weighted by Crippen LogP contribution is 2.20. The average molecular weight is 199 g/mol. The minimum absolute atomic E-state index is 0.665. The van der Waals surface area contributed by atoms with Crippen molar-refractivity contribution in [2.75, 3.05) is 7.05 Å². The second-order valence-electron chi connectivity index (χ2n) is 3.74. The molecule has 1 heterocycles. The van der Waals surface area contributed by atoms with Crippen molar-refractivity contribution in [1.29, 1.82) is 5.26 Å². The van der Waals surface area contributed by atoms with Crippen LogP contribution in [-0.2, 0) is 13.6 Å². The number of aromatic nitrogens is 1. The molecule has 1 aromatic carbocycles. The fraction of sp³-hybridized carbons (Fsp3) is 0.250. The molecule has 15 heavy (non-hydrogen) atoms. The summed E-state index contributed by atoms with van der Waals surface area (Å²) >= 11 is 0. The summed E-state index contributed by atoms with van der Waals surface area (Å²) in [4.78, 5) is 1.63. The maximum atomic E-state index is 8.74. The highest BCUT2D eigenvalue weighted by molar-refractivity contribution is 5.83. The summed E-state index contributed by atoms with van der Waals surface area (Å²) < 4.78 is 2.09. The van der Waals surface area contributed by atoms with Gasteiger partial charge in [-0.15, -0.1) is 0 Å². The number of hydrogen-bond donors (Lipinski definition) is 0. The summed E-state index contributed by atoms with van der Waals surface area (Å²) in [6.45, 7) is 0.665. The van der Waals surface area contributed by atoms with Gasteiger partial charge in [-0.1, -0.05) is 18.2 Å². The molecule has 0 N–H and O–H groups in total. The zero-order chi connectivity index (χ0) is 10.8.